The Kier molecular flexibility index (Phi) is 3.98. The van der Waals surface area contributed by atoms with Gasteiger partial charge < -0.3 is 0 Å². The predicted molar refractivity (Wildman–Crippen MR) is 69.4 cm³/mol. The van der Waals surface area contributed by atoms with Crippen LogP contribution in [0.2, 0.25) is 0 Å². The van der Waals surface area contributed by atoms with Gasteiger partial charge in [0.1, 0.15) is 11.9 Å². The highest BCUT2D eigenvalue weighted by molar-refractivity contribution is 5.34. The van der Waals surface area contributed by atoms with E-state index in [1.807, 2.05) is 6.07 Å². The van der Waals surface area contributed by atoms with Crippen molar-refractivity contribution in [2.45, 2.75) is 39.3 Å². The minimum absolute atomic E-state index is 0.146. The molecule has 1 fully saturated rings. The van der Waals surface area contributed by atoms with Crippen LogP contribution in [0.3, 0.4) is 0 Å². The van der Waals surface area contributed by atoms with Gasteiger partial charge in [0.15, 0.2) is 0 Å². The third-order valence-corrected chi connectivity index (χ3v) is 3.20. The first-order valence-electron chi connectivity index (χ1n) is 6.52. The minimum Gasteiger partial charge on any atom is -0.296 e. The van der Waals surface area contributed by atoms with Crippen LogP contribution in [0.1, 0.15) is 37.8 Å². The van der Waals surface area contributed by atoms with E-state index in [1.54, 1.807) is 12.1 Å². The normalized spacial score (nSPS) is 15.1. The van der Waals surface area contributed by atoms with E-state index in [4.69, 9.17) is 5.26 Å². The van der Waals surface area contributed by atoms with E-state index in [0.29, 0.717) is 12.0 Å². The average Bonchev–Trinajstić information content (AvgIpc) is 3.14. The third-order valence-electron chi connectivity index (χ3n) is 3.20. The first-order valence-corrected chi connectivity index (χ1v) is 6.52. The highest BCUT2D eigenvalue weighted by atomic mass is 19.1. The Morgan fingerprint density at radius 3 is 2.72 bits per heavy atom. The maximum absolute atomic E-state index is 13.3. The van der Waals surface area contributed by atoms with Crippen molar-refractivity contribution in [3.63, 3.8) is 0 Å². The van der Waals surface area contributed by atoms with E-state index >= 15 is 0 Å². The molecule has 0 aliphatic heterocycles. The Balaban J connectivity index is 2.09. The van der Waals surface area contributed by atoms with E-state index in [0.717, 1.165) is 18.7 Å². The largest absolute Gasteiger partial charge is 0.296 e. The Bertz CT molecular complexity index is 458. The molecule has 1 aromatic carbocycles. The van der Waals surface area contributed by atoms with E-state index in [2.05, 4.69) is 18.7 Å². The van der Waals surface area contributed by atoms with Gasteiger partial charge in [-0.15, -0.1) is 0 Å². The van der Waals surface area contributed by atoms with Crippen molar-refractivity contribution in [3.05, 3.63) is 35.1 Å². The number of hydrogen-bond acceptors (Lipinski definition) is 2. The van der Waals surface area contributed by atoms with Crippen LogP contribution in [0.15, 0.2) is 18.2 Å². The second-order valence-corrected chi connectivity index (χ2v) is 5.48. The van der Waals surface area contributed by atoms with Crippen molar-refractivity contribution in [1.29, 1.82) is 5.26 Å². The lowest BCUT2D eigenvalue weighted by atomic mass is 10.1. The van der Waals surface area contributed by atoms with Gasteiger partial charge in [-0.25, -0.2) is 4.39 Å². The number of halogens is 1. The smallest absolute Gasteiger partial charge is 0.140 e. The fourth-order valence-electron chi connectivity index (χ4n) is 2.24. The summed E-state index contributed by atoms with van der Waals surface area (Å²) in [7, 11) is 0. The van der Waals surface area contributed by atoms with E-state index < -0.39 is 5.82 Å². The second kappa shape index (κ2) is 5.49. The van der Waals surface area contributed by atoms with Crippen molar-refractivity contribution < 1.29 is 4.39 Å². The Hall–Kier alpha value is -1.40. The van der Waals surface area contributed by atoms with Crippen LogP contribution in [0.5, 0.6) is 0 Å². The fraction of sp³-hybridized carbons (Fsp3) is 0.533. The molecule has 96 valence electrons. The van der Waals surface area contributed by atoms with Gasteiger partial charge in [-0.2, -0.15) is 5.26 Å². The Morgan fingerprint density at radius 1 is 1.44 bits per heavy atom. The van der Waals surface area contributed by atoms with Gasteiger partial charge in [0.25, 0.3) is 0 Å². The first-order chi connectivity index (χ1) is 8.60. The number of hydrogen-bond donors (Lipinski definition) is 0. The fourth-order valence-corrected chi connectivity index (χ4v) is 2.24. The lowest BCUT2D eigenvalue weighted by molar-refractivity contribution is 0.226. The molecule has 0 spiro atoms. The van der Waals surface area contributed by atoms with Gasteiger partial charge in [0.05, 0.1) is 5.56 Å². The molecule has 0 atom stereocenters. The van der Waals surface area contributed by atoms with Crippen LogP contribution in [-0.4, -0.2) is 17.5 Å². The zero-order chi connectivity index (χ0) is 13.1. The van der Waals surface area contributed by atoms with E-state index in [1.165, 1.54) is 18.9 Å². The molecule has 18 heavy (non-hydrogen) atoms. The summed E-state index contributed by atoms with van der Waals surface area (Å²) in [6, 6.07) is 7.44. The summed E-state index contributed by atoms with van der Waals surface area (Å²) in [6.07, 6.45) is 2.53. The molecule has 1 aromatic rings. The molecule has 1 saturated carbocycles. The Morgan fingerprint density at radius 2 is 2.17 bits per heavy atom. The average molecular weight is 246 g/mol. The molecule has 0 N–H and O–H groups in total. The number of rotatable bonds is 5. The molecule has 2 nitrogen and oxygen atoms in total. The number of benzene rings is 1. The zero-order valence-electron chi connectivity index (χ0n) is 11.0. The lowest BCUT2D eigenvalue weighted by Gasteiger charge is -2.24. The molecule has 0 bridgehead atoms. The molecular formula is C15H19FN2. The molecule has 2 rings (SSSR count). The van der Waals surface area contributed by atoms with Crippen LogP contribution in [0.4, 0.5) is 4.39 Å². The topological polar surface area (TPSA) is 27.0 Å². The van der Waals surface area contributed by atoms with Gasteiger partial charge in [0.2, 0.25) is 0 Å². The van der Waals surface area contributed by atoms with Crippen molar-refractivity contribution >= 4 is 0 Å². The van der Waals surface area contributed by atoms with E-state index in [9.17, 15) is 4.39 Å². The highest BCUT2D eigenvalue weighted by Crippen LogP contribution is 2.29. The minimum atomic E-state index is -0.428. The molecule has 0 heterocycles. The molecule has 0 unspecified atom stereocenters. The maximum Gasteiger partial charge on any atom is 0.140 e. The zero-order valence-corrected chi connectivity index (χ0v) is 11.0. The van der Waals surface area contributed by atoms with Gasteiger partial charge in [-0.1, -0.05) is 19.9 Å². The standard InChI is InChI=1S/C15H19FN2/c1-11(2)9-18(14-4-5-14)10-12-3-6-15(16)13(7-12)8-17/h3,6-7,11,14H,4-5,9-10H2,1-2H3. The van der Waals surface area contributed by atoms with Crippen LogP contribution >= 0.6 is 0 Å². The molecule has 3 heteroatoms. The first kappa shape index (κ1) is 13.0. The summed E-state index contributed by atoms with van der Waals surface area (Å²) >= 11 is 0. The lowest BCUT2D eigenvalue weighted by Crippen LogP contribution is -2.29. The van der Waals surface area contributed by atoms with Crippen molar-refractivity contribution in [2.75, 3.05) is 6.54 Å². The van der Waals surface area contributed by atoms with Gasteiger partial charge in [0, 0.05) is 19.1 Å². The summed E-state index contributed by atoms with van der Waals surface area (Å²) in [6.45, 7) is 6.29. The molecule has 1 aliphatic carbocycles. The molecule has 0 radical (unpaired) electrons. The summed E-state index contributed by atoms with van der Waals surface area (Å²) in [5, 5.41) is 8.84. The monoisotopic (exact) mass is 246 g/mol. The number of nitrogens with zero attached hydrogens (tertiary/aromatic N) is 2. The molecule has 0 saturated heterocycles. The highest BCUT2D eigenvalue weighted by Gasteiger charge is 2.29. The third kappa shape index (κ3) is 3.30. The van der Waals surface area contributed by atoms with Gasteiger partial charge in [-0.05, 0) is 36.5 Å². The maximum atomic E-state index is 13.3. The Labute approximate surface area is 108 Å². The number of nitriles is 1. The molecule has 1 aliphatic rings. The van der Waals surface area contributed by atoms with Crippen molar-refractivity contribution in [1.82, 2.24) is 4.90 Å². The molecular weight excluding hydrogens is 227 g/mol. The van der Waals surface area contributed by atoms with Gasteiger partial charge in [-0.3, -0.25) is 4.90 Å². The predicted octanol–water partition coefficient (Wildman–Crippen LogP) is 3.32. The van der Waals surface area contributed by atoms with Crippen molar-refractivity contribution in [3.8, 4) is 6.07 Å². The summed E-state index contributed by atoms with van der Waals surface area (Å²) in [4.78, 5) is 2.44. The SMILES string of the molecule is CC(C)CN(Cc1ccc(F)c(C#N)c1)C1CC1. The van der Waals surface area contributed by atoms with Crippen molar-refractivity contribution in [2.24, 2.45) is 5.92 Å². The van der Waals surface area contributed by atoms with Crippen LogP contribution in [0.25, 0.3) is 0 Å². The van der Waals surface area contributed by atoms with Gasteiger partial charge >= 0.3 is 0 Å². The summed E-state index contributed by atoms with van der Waals surface area (Å²) < 4.78 is 13.3. The second-order valence-electron chi connectivity index (χ2n) is 5.48. The molecule has 0 amide bonds. The quantitative estimate of drug-likeness (QED) is 0.797. The van der Waals surface area contributed by atoms with Crippen LogP contribution < -0.4 is 0 Å². The van der Waals surface area contributed by atoms with Crippen LogP contribution in [0, 0.1) is 23.1 Å². The summed E-state index contributed by atoms with van der Waals surface area (Å²) in [5.74, 6) is 0.199. The summed E-state index contributed by atoms with van der Waals surface area (Å²) in [5.41, 5.74) is 1.17. The van der Waals surface area contributed by atoms with Crippen LogP contribution in [-0.2, 0) is 6.54 Å². The van der Waals surface area contributed by atoms with E-state index in [-0.39, 0.29) is 5.56 Å². The molecule has 0 aromatic heterocycles.